The molecule has 1 rings (SSSR count). The Balaban J connectivity index is 2.86. The second-order valence-electron chi connectivity index (χ2n) is 6.09. The van der Waals surface area contributed by atoms with Gasteiger partial charge in [0, 0.05) is 11.3 Å². The monoisotopic (exact) mass is 314 g/mol. The zero-order chi connectivity index (χ0) is 16.5. The van der Waals surface area contributed by atoms with Crippen molar-refractivity contribution in [3.8, 4) is 0 Å². The van der Waals surface area contributed by atoms with Gasteiger partial charge in [0.2, 0.25) is 10.0 Å². The van der Waals surface area contributed by atoms with Crippen molar-refractivity contribution in [1.29, 1.82) is 0 Å². The fourth-order valence-electron chi connectivity index (χ4n) is 1.41. The Hall–Kier alpha value is -1.60. The van der Waals surface area contributed by atoms with Crippen molar-refractivity contribution in [2.75, 3.05) is 11.0 Å². The molecule has 0 heterocycles. The van der Waals surface area contributed by atoms with Gasteiger partial charge in [-0.2, -0.15) is 0 Å². The normalized spacial score (nSPS) is 12.9. The number of rotatable bonds is 5. The Morgan fingerprint density at radius 2 is 1.57 bits per heavy atom. The van der Waals surface area contributed by atoms with Crippen molar-refractivity contribution in [1.82, 2.24) is 5.32 Å². The summed E-state index contributed by atoms with van der Waals surface area (Å²) in [6.07, 6.45) is 1.06. The number of nitrogens with one attached hydrogen (secondary N) is 2. The van der Waals surface area contributed by atoms with Crippen LogP contribution in [0.2, 0.25) is 0 Å². The zero-order valence-electron chi connectivity index (χ0n) is 12.9. The van der Waals surface area contributed by atoms with E-state index in [1.165, 1.54) is 24.3 Å². The van der Waals surface area contributed by atoms with E-state index in [2.05, 4.69) is 10.0 Å². The smallest absolute Gasteiger partial charge is 0.251 e. The fraction of sp³-hybridized carbons (Fsp3) is 0.500. The minimum atomic E-state index is -3.34. The van der Waals surface area contributed by atoms with Crippen LogP contribution in [0, 0.1) is 0 Å². The molecular formula is C14H22N2O4S. The molecule has 7 heteroatoms. The lowest BCUT2D eigenvalue weighted by molar-refractivity contribution is -0.00292. The highest BCUT2D eigenvalue weighted by molar-refractivity contribution is 7.92. The summed E-state index contributed by atoms with van der Waals surface area (Å²) in [7, 11) is -3.34. The number of anilines is 1. The number of hydrogen-bond acceptors (Lipinski definition) is 4. The van der Waals surface area contributed by atoms with E-state index in [-0.39, 0.29) is 5.91 Å². The van der Waals surface area contributed by atoms with Crippen LogP contribution in [0.5, 0.6) is 0 Å². The molecule has 1 aromatic carbocycles. The maximum atomic E-state index is 12.1. The summed E-state index contributed by atoms with van der Waals surface area (Å²) in [5.41, 5.74) is -1.13. The van der Waals surface area contributed by atoms with E-state index >= 15 is 0 Å². The van der Waals surface area contributed by atoms with Crippen molar-refractivity contribution < 1.29 is 18.3 Å². The third-order valence-corrected chi connectivity index (χ3v) is 4.01. The zero-order valence-corrected chi connectivity index (χ0v) is 13.7. The molecular weight excluding hydrogens is 292 g/mol. The van der Waals surface area contributed by atoms with Gasteiger partial charge in [-0.25, -0.2) is 8.42 Å². The predicted octanol–water partition coefficient (Wildman–Crippen LogP) is 1.34. The highest BCUT2D eigenvalue weighted by atomic mass is 32.2. The maximum absolute atomic E-state index is 12.1. The summed E-state index contributed by atoms with van der Waals surface area (Å²) in [6.45, 7) is 6.69. The highest BCUT2D eigenvalue weighted by Crippen LogP contribution is 2.21. The molecule has 0 aliphatic rings. The van der Waals surface area contributed by atoms with E-state index < -0.39 is 21.2 Å². The number of benzene rings is 1. The molecule has 0 radical (unpaired) electrons. The van der Waals surface area contributed by atoms with Gasteiger partial charge in [-0.15, -0.1) is 0 Å². The van der Waals surface area contributed by atoms with Gasteiger partial charge in [0.05, 0.1) is 17.4 Å². The number of carbonyl (C=O) groups is 1. The molecule has 0 saturated heterocycles. The quantitative estimate of drug-likeness (QED) is 0.764. The number of carbonyl (C=O) groups excluding carboxylic acids is 1. The molecule has 0 aliphatic heterocycles. The molecule has 118 valence electrons. The Morgan fingerprint density at radius 1 is 1.10 bits per heavy atom. The molecule has 1 aromatic rings. The first kappa shape index (κ1) is 17.5. The fourth-order valence-corrected chi connectivity index (χ4v) is 1.98. The molecule has 3 N–H and O–H groups in total. The molecule has 21 heavy (non-hydrogen) atoms. The van der Waals surface area contributed by atoms with E-state index in [4.69, 9.17) is 0 Å². The number of aliphatic hydroxyl groups is 1. The van der Waals surface area contributed by atoms with Gasteiger partial charge >= 0.3 is 0 Å². The van der Waals surface area contributed by atoms with Crippen molar-refractivity contribution in [2.45, 2.75) is 38.8 Å². The minimum absolute atomic E-state index is 0.340. The van der Waals surface area contributed by atoms with Crippen molar-refractivity contribution >= 4 is 21.6 Å². The maximum Gasteiger partial charge on any atom is 0.251 e. The number of hydrogen-bond donors (Lipinski definition) is 3. The first-order valence-electron chi connectivity index (χ1n) is 6.44. The summed E-state index contributed by atoms with van der Waals surface area (Å²) in [6, 6.07) is 6.05. The van der Waals surface area contributed by atoms with Crippen LogP contribution in [-0.4, -0.2) is 36.8 Å². The number of sulfonamides is 1. The Labute approximate surface area is 125 Å². The molecule has 0 saturated carbocycles. The second-order valence-corrected chi connectivity index (χ2v) is 7.84. The Morgan fingerprint density at radius 3 is 1.95 bits per heavy atom. The lowest BCUT2D eigenvalue weighted by Gasteiger charge is -2.38. The van der Waals surface area contributed by atoms with Crippen molar-refractivity contribution in [3.05, 3.63) is 29.8 Å². The van der Waals surface area contributed by atoms with Gasteiger partial charge in [0.25, 0.3) is 5.91 Å². The van der Waals surface area contributed by atoms with Crippen LogP contribution in [0.3, 0.4) is 0 Å². The molecule has 0 aromatic heterocycles. The van der Waals surface area contributed by atoms with Gasteiger partial charge in [-0.05, 0) is 52.0 Å². The first-order valence-corrected chi connectivity index (χ1v) is 8.34. The van der Waals surface area contributed by atoms with Gasteiger partial charge in [-0.3, -0.25) is 9.52 Å². The highest BCUT2D eigenvalue weighted by Gasteiger charge is 2.36. The van der Waals surface area contributed by atoms with E-state index in [9.17, 15) is 18.3 Å². The van der Waals surface area contributed by atoms with Crippen LogP contribution >= 0.6 is 0 Å². The average Bonchev–Trinajstić information content (AvgIpc) is 2.25. The van der Waals surface area contributed by atoms with Crippen LogP contribution in [0.1, 0.15) is 38.1 Å². The van der Waals surface area contributed by atoms with E-state index in [1.54, 1.807) is 27.7 Å². The third-order valence-electron chi connectivity index (χ3n) is 3.41. The molecule has 0 aliphatic carbocycles. The average molecular weight is 314 g/mol. The predicted molar refractivity (Wildman–Crippen MR) is 82.8 cm³/mol. The molecule has 0 bridgehead atoms. The van der Waals surface area contributed by atoms with Gasteiger partial charge in [-0.1, -0.05) is 0 Å². The lowest BCUT2D eigenvalue weighted by Crippen LogP contribution is -2.57. The van der Waals surface area contributed by atoms with Gasteiger partial charge in [0.15, 0.2) is 0 Å². The molecule has 0 fully saturated rings. The summed E-state index contributed by atoms with van der Waals surface area (Å²) >= 11 is 0. The topological polar surface area (TPSA) is 95.5 Å². The van der Waals surface area contributed by atoms with E-state index in [0.29, 0.717) is 11.3 Å². The second kappa shape index (κ2) is 5.65. The SMILES string of the molecule is CC(C)(O)C(C)(C)NC(=O)c1ccc(NS(C)(=O)=O)cc1. The molecule has 0 atom stereocenters. The lowest BCUT2D eigenvalue weighted by atomic mass is 9.86. The molecule has 0 spiro atoms. The van der Waals surface area contributed by atoms with Crippen molar-refractivity contribution in [3.63, 3.8) is 0 Å². The first-order chi connectivity index (χ1) is 9.32. The van der Waals surface area contributed by atoms with Crippen LogP contribution in [0.25, 0.3) is 0 Å². The standard InChI is InChI=1S/C14H22N2O4S/c1-13(2,14(3,4)18)15-12(17)10-6-8-11(9-7-10)16-21(5,19)20/h6-9,16,18H,1-5H3,(H,15,17). The van der Waals surface area contributed by atoms with E-state index in [1.807, 2.05) is 0 Å². The third kappa shape index (κ3) is 5.02. The molecule has 6 nitrogen and oxygen atoms in total. The van der Waals surface area contributed by atoms with Crippen LogP contribution < -0.4 is 10.0 Å². The van der Waals surface area contributed by atoms with Crippen molar-refractivity contribution in [2.24, 2.45) is 0 Å². The molecule has 1 amide bonds. The summed E-state index contributed by atoms with van der Waals surface area (Å²) in [4.78, 5) is 12.1. The van der Waals surface area contributed by atoms with Crippen LogP contribution in [-0.2, 0) is 10.0 Å². The summed E-state index contributed by atoms with van der Waals surface area (Å²) < 4.78 is 24.5. The van der Waals surface area contributed by atoms with Gasteiger partial charge < -0.3 is 10.4 Å². The Kier molecular flexibility index (Phi) is 4.70. The minimum Gasteiger partial charge on any atom is -0.388 e. The number of amides is 1. The summed E-state index contributed by atoms with van der Waals surface area (Å²) in [5, 5.41) is 12.8. The largest absolute Gasteiger partial charge is 0.388 e. The van der Waals surface area contributed by atoms with Crippen LogP contribution in [0.15, 0.2) is 24.3 Å². The molecule has 0 unspecified atom stereocenters. The van der Waals surface area contributed by atoms with Crippen LogP contribution in [0.4, 0.5) is 5.69 Å². The van der Waals surface area contributed by atoms with Gasteiger partial charge in [0.1, 0.15) is 0 Å². The summed E-state index contributed by atoms with van der Waals surface area (Å²) in [5.74, 6) is -0.340. The van der Waals surface area contributed by atoms with E-state index in [0.717, 1.165) is 6.26 Å². The Bertz CT molecular complexity index is 613.